The van der Waals surface area contributed by atoms with Gasteiger partial charge in [0.1, 0.15) is 12.3 Å². The molecule has 14 heteroatoms. The van der Waals surface area contributed by atoms with Crippen molar-refractivity contribution in [2.75, 3.05) is 65.9 Å². The molecule has 0 spiro atoms. The number of rotatable bonds is 20. The molecule has 0 aliphatic rings. The van der Waals surface area contributed by atoms with Crippen molar-refractivity contribution < 1.29 is 33.3 Å². The number of carbonyl (C=O) groups is 2. The Balaban J connectivity index is 1.77. The highest BCUT2D eigenvalue weighted by Gasteiger charge is 2.04. The van der Waals surface area contributed by atoms with Crippen LogP contribution in [0.3, 0.4) is 0 Å². The van der Waals surface area contributed by atoms with Gasteiger partial charge in [-0.1, -0.05) is 5.21 Å². The van der Waals surface area contributed by atoms with Crippen LogP contribution in [0, 0.1) is 5.41 Å². The van der Waals surface area contributed by atoms with E-state index in [0.717, 1.165) is 6.21 Å². The van der Waals surface area contributed by atoms with Crippen molar-refractivity contribution in [2.24, 2.45) is 5.73 Å². The number of hydrogen-bond acceptors (Lipinski definition) is 11. The van der Waals surface area contributed by atoms with Crippen molar-refractivity contribution in [3.63, 3.8) is 0 Å². The number of carbonyl (C=O) groups excluding carboxylic acids is 2. The molecule has 0 radical (unpaired) electrons. The fourth-order valence-corrected chi connectivity index (χ4v) is 2.09. The third-order valence-corrected chi connectivity index (χ3v) is 3.81. The Morgan fingerprint density at radius 1 is 1.00 bits per heavy atom. The highest BCUT2D eigenvalue weighted by molar-refractivity contribution is 5.80. The molecule has 0 saturated heterocycles. The van der Waals surface area contributed by atoms with E-state index in [9.17, 15) is 9.59 Å². The molecule has 2 amide bonds. The van der Waals surface area contributed by atoms with Crippen LogP contribution < -0.4 is 16.4 Å². The third kappa shape index (κ3) is 16.3. The lowest BCUT2D eigenvalue weighted by molar-refractivity contribution is -0.122. The smallest absolute Gasteiger partial charge is 0.407 e. The number of nitrogens with zero attached hydrogens (tertiary/aromatic N) is 2. The highest BCUT2D eigenvalue weighted by atomic mass is 16.6. The van der Waals surface area contributed by atoms with Crippen molar-refractivity contribution in [1.29, 1.82) is 5.41 Å². The Labute approximate surface area is 192 Å². The maximum Gasteiger partial charge on any atom is 0.407 e. The molecule has 0 aliphatic carbocycles. The monoisotopic (exact) mass is 471 g/mol. The summed E-state index contributed by atoms with van der Waals surface area (Å²) in [6, 6.07) is 0. The number of nitrogens with two attached hydrogens (primary N) is 1. The quantitative estimate of drug-likeness (QED) is 0.117. The lowest BCUT2D eigenvalue weighted by Gasteiger charge is -2.08. The third-order valence-electron chi connectivity index (χ3n) is 3.81. The summed E-state index contributed by atoms with van der Waals surface area (Å²) in [6.07, 6.45) is 3.58. The lowest BCUT2D eigenvalue weighted by Crippen LogP contribution is -2.28. The van der Waals surface area contributed by atoms with Crippen LogP contribution in [-0.4, -0.2) is 99.6 Å². The van der Waals surface area contributed by atoms with Gasteiger partial charge in [0.25, 0.3) is 0 Å². The molecule has 186 valence electrons. The van der Waals surface area contributed by atoms with Gasteiger partial charge in [0, 0.05) is 43.7 Å². The molecule has 0 unspecified atom stereocenters. The normalized spacial score (nSPS) is 11.2. The van der Waals surface area contributed by atoms with Crippen molar-refractivity contribution >= 4 is 18.2 Å². The summed E-state index contributed by atoms with van der Waals surface area (Å²) in [7, 11) is 0. The predicted molar refractivity (Wildman–Crippen MR) is 117 cm³/mol. The zero-order valence-electron chi connectivity index (χ0n) is 18.5. The largest absolute Gasteiger partial charge is 0.443 e. The average Bonchev–Trinajstić information content (AvgIpc) is 3.34. The van der Waals surface area contributed by atoms with Crippen LogP contribution >= 0.6 is 0 Å². The summed E-state index contributed by atoms with van der Waals surface area (Å²) >= 11 is 0. The standard InChI is InChI=1S/C19H33N7O7/c20-11-16(12-21)13-23-18(27)1-3-29-5-7-31-9-10-32-8-6-30-4-2-22-19(28)33-15-17-14-24-26-25-17/h11-12,14,20H,1-10,13,15,21H2,(H,22,28)(H,23,27)(H,24,25,26)/b16-12+,20-11?. The number of aromatic nitrogens is 3. The van der Waals surface area contributed by atoms with Crippen molar-refractivity contribution in [3.8, 4) is 0 Å². The molecule has 1 aromatic rings. The maximum atomic E-state index is 11.6. The van der Waals surface area contributed by atoms with Crippen LogP contribution in [0.15, 0.2) is 18.0 Å². The molecule has 6 N–H and O–H groups in total. The summed E-state index contributed by atoms with van der Waals surface area (Å²) in [5.74, 6) is -0.175. The number of alkyl carbamates (subject to hydrolysis) is 1. The van der Waals surface area contributed by atoms with Crippen molar-refractivity contribution in [1.82, 2.24) is 26.0 Å². The van der Waals surface area contributed by atoms with Gasteiger partial charge in [0.15, 0.2) is 0 Å². The van der Waals surface area contributed by atoms with Gasteiger partial charge in [-0.3, -0.25) is 9.89 Å². The number of amides is 2. The van der Waals surface area contributed by atoms with Crippen molar-refractivity contribution in [3.05, 3.63) is 23.7 Å². The van der Waals surface area contributed by atoms with Gasteiger partial charge in [0.2, 0.25) is 5.91 Å². The minimum Gasteiger partial charge on any atom is -0.443 e. The van der Waals surface area contributed by atoms with Crippen LogP contribution in [0.4, 0.5) is 4.79 Å². The molecule has 0 aliphatic heterocycles. The zero-order valence-corrected chi connectivity index (χ0v) is 18.5. The van der Waals surface area contributed by atoms with E-state index in [1.165, 1.54) is 6.20 Å². The van der Waals surface area contributed by atoms with E-state index in [0.29, 0.717) is 64.1 Å². The average molecular weight is 472 g/mol. The SMILES string of the molecule is N=C/C(=C\N)CNC(=O)CCOCCOCCOCCOCCNC(=O)OCc1c[nH]nn1. The Kier molecular flexibility index (Phi) is 16.6. The van der Waals surface area contributed by atoms with Crippen LogP contribution in [0.5, 0.6) is 0 Å². The van der Waals surface area contributed by atoms with Gasteiger partial charge in [-0.05, 0) is 0 Å². The summed E-state index contributed by atoms with van der Waals surface area (Å²) in [5.41, 5.74) is 6.35. The summed E-state index contributed by atoms with van der Waals surface area (Å²) in [4.78, 5) is 23.0. The summed E-state index contributed by atoms with van der Waals surface area (Å²) in [6.45, 7) is 3.61. The molecular formula is C19H33N7O7. The first-order chi connectivity index (χ1) is 16.2. The molecule has 1 aromatic heterocycles. The maximum absolute atomic E-state index is 11.6. The van der Waals surface area contributed by atoms with E-state index in [1.54, 1.807) is 6.20 Å². The minimum atomic E-state index is -0.556. The Bertz CT molecular complexity index is 686. The van der Waals surface area contributed by atoms with Crippen LogP contribution in [0.25, 0.3) is 0 Å². The number of aromatic amines is 1. The molecule has 0 aromatic carbocycles. The first-order valence-electron chi connectivity index (χ1n) is 10.4. The molecule has 1 rings (SSSR count). The molecular weight excluding hydrogens is 438 g/mol. The Morgan fingerprint density at radius 3 is 2.21 bits per heavy atom. The van der Waals surface area contributed by atoms with Crippen molar-refractivity contribution in [2.45, 2.75) is 13.0 Å². The fraction of sp³-hybridized carbons (Fsp3) is 0.632. The molecule has 0 saturated carbocycles. The van der Waals surface area contributed by atoms with Crippen LogP contribution in [0.1, 0.15) is 12.1 Å². The van der Waals surface area contributed by atoms with Gasteiger partial charge in [0.05, 0.1) is 52.9 Å². The second kappa shape index (κ2) is 19.6. The van der Waals surface area contributed by atoms with Gasteiger partial charge in [-0.25, -0.2) is 4.79 Å². The molecule has 14 nitrogen and oxygen atoms in total. The van der Waals surface area contributed by atoms with Crippen LogP contribution in [0.2, 0.25) is 0 Å². The molecule has 0 atom stereocenters. The summed E-state index contributed by atoms with van der Waals surface area (Å²) < 4.78 is 26.3. The topological polar surface area (TPSA) is 196 Å². The zero-order chi connectivity index (χ0) is 24.0. The van der Waals surface area contributed by atoms with E-state index in [4.69, 9.17) is 34.8 Å². The van der Waals surface area contributed by atoms with Gasteiger partial charge in [-0.2, -0.15) is 0 Å². The molecule has 1 heterocycles. The van der Waals surface area contributed by atoms with E-state index in [1.807, 2.05) is 0 Å². The first kappa shape index (κ1) is 28.0. The van der Waals surface area contributed by atoms with Crippen LogP contribution in [-0.2, 0) is 35.1 Å². The van der Waals surface area contributed by atoms with Gasteiger partial charge >= 0.3 is 6.09 Å². The fourth-order valence-electron chi connectivity index (χ4n) is 2.09. The number of nitrogens with one attached hydrogen (secondary N) is 4. The van der Waals surface area contributed by atoms with Gasteiger partial charge in [-0.15, -0.1) is 5.10 Å². The second-order valence-electron chi connectivity index (χ2n) is 6.33. The number of hydrogen-bond donors (Lipinski definition) is 5. The van der Waals surface area contributed by atoms with E-state index >= 15 is 0 Å². The molecule has 33 heavy (non-hydrogen) atoms. The van der Waals surface area contributed by atoms with E-state index < -0.39 is 6.09 Å². The molecule has 0 fully saturated rings. The minimum absolute atomic E-state index is 0.0453. The first-order valence-corrected chi connectivity index (χ1v) is 10.4. The number of ether oxygens (including phenoxy) is 5. The highest BCUT2D eigenvalue weighted by Crippen LogP contribution is 1.92. The second-order valence-corrected chi connectivity index (χ2v) is 6.33. The molecule has 0 bridgehead atoms. The van der Waals surface area contributed by atoms with E-state index in [-0.39, 0.29) is 32.1 Å². The summed E-state index contributed by atoms with van der Waals surface area (Å²) in [5, 5.41) is 22.0. The Morgan fingerprint density at radius 2 is 1.64 bits per heavy atom. The number of H-pyrrole nitrogens is 1. The lowest BCUT2D eigenvalue weighted by atomic mass is 10.3. The Hall–Kier alpha value is -3.07. The van der Waals surface area contributed by atoms with E-state index in [2.05, 4.69) is 26.0 Å². The predicted octanol–water partition coefficient (Wildman–Crippen LogP) is -0.904. The van der Waals surface area contributed by atoms with Gasteiger partial charge < -0.3 is 45.5 Å².